The summed E-state index contributed by atoms with van der Waals surface area (Å²) < 4.78 is 10.8. The molecule has 0 heterocycles. The van der Waals surface area contributed by atoms with E-state index in [1.54, 1.807) is 19.2 Å². The molecule has 1 atom stereocenters. The lowest BCUT2D eigenvalue weighted by atomic mass is 10.0. The summed E-state index contributed by atoms with van der Waals surface area (Å²) >= 11 is 5.94. The summed E-state index contributed by atoms with van der Waals surface area (Å²) in [6.45, 7) is 1.89. The fourth-order valence-corrected chi connectivity index (χ4v) is 3.07. The van der Waals surface area contributed by atoms with Gasteiger partial charge in [0, 0.05) is 5.02 Å². The molecule has 0 spiro atoms. The number of ether oxygens (including phenoxy) is 2. The highest BCUT2D eigenvalue weighted by Gasteiger charge is 2.33. The first-order valence-corrected chi connectivity index (χ1v) is 8.77. The highest BCUT2D eigenvalue weighted by molar-refractivity contribution is 6.30. The average molecular weight is 360 g/mol. The SMILES string of the molecule is COc1ccc(C(NC(=O)COc2ccc(Cl)cc2C)C2CC2)cc1. The van der Waals surface area contributed by atoms with Crippen LogP contribution in [0.25, 0.3) is 0 Å². The van der Waals surface area contributed by atoms with Crippen LogP contribution in [-0.4, -0.2) is 19.6 Å². The van der Waals surface area contributed by atoms with Gasteiger partial charge < -0.3 is 14.8 Å². The molecular formula is C20H22ClNO3. The third-order valence-corrected chi connectivity index (χ3v) is 4.62. The Bertz CT molecular complexity index is 741. The standard InChI is InChI=1S/C20H22ClNO3/c1-13-11-16(21)7-10-18(13)25-12-19(23)22-20(14-3-4-14)15-5-8-17(24-2)9-6-15/h5-11,14,20H,3-4,12H2,1-2H3,(H,22,23). The fourth-order valence-electron chi connectivity index (χ4n) is 2.85. The van der Waals surface area contributed by atoms with Crippen molar-refractivity contribution in [1.29, 1.82) is 0 Å². The van der Waals surface area contributed by atoms with Gasteiger partial charge in [0.15, 0.2) is 6.61 Å². The number of hydrogen-bond acceptors (Lipinski definition) is 3. The molecule has 4 nitrogen and oxygen atoms in total. The third kappa shape index (κ3) is 4.67. The molecule has 1 aliphatic carbocycles. The van der Waals surface area contributed by atoms with E-state index in [-0.39, 0.29) is 18.6 Å². The topological polar surface area (TPSA) is 47.6 Å². The molecule has 3 rings (SSSR count). The second kappa shape index (κ2) is 7.79. The molecule has 1 aliphatic rings. The quantitative estimate of drug-likeness (QED) is 0.801. The lowest BCUT2D eigenvalue weighted by molar-refractivity contribution is -0.124. The van der Waals surface area contributed by atoms with Gasteiger partial charge in [-0.1, -0.05) is 23.7 Å². The van der Waals surface area contributed by atoms with Crippen LogP contribution in [0.4, 0.5) is 0 Å². The number of amides is 1. The van der Waals surface area contributed by atoms with E-state index in [0.29, 0.717) is 16.7 Å². The zero-order valence-corrected chi connectivity index (χ0v) is 15.2. The molecule has 1 unspecified atom stereocenters. The normalized spacial score (nSPS) is 14.7. The van der Waals surface area contributed by atoms with Crippen molar-refractivity contribution in [3.8, 4) is 11.5 Å². The maximum Gasteiger partial charge on any atom is 0.258 e. The van der Waals surface area contributed by atoms with Gasteiger partial charge in [0.05, 0.1) is 13.2 Å². The fraction of sp³-hybridized carbons (Fsp3) is 0.350. The molecule has 1 saturated carbocycles. The highest BCUT2D eigenvalue weighted by atomic mass is 35.5. The summed E-state index contributed by atoms with van der Waals surface area (Å²) in [6, 6.07) is 13.2. The zero-order chi connectivity index (χ0) is 17.8. The van der Waals surface area contributed by atoms with Crippen LogP contribution in [0.15, 0.2) is 42.5 Å². The predicted molar refractivity (Wildman–Crippen MR) is 98.3 cm³/mol. The van der Waals surface area contributed by atoms with E-state index in [1.165, 1.54) is 0 Å². The van der Waals surface area contributed by atoms with Gasteiger partial charge in [-0.15, -0.1) is 0 Å². The minimum absolute atomic E-state index is 0.0121. The summed E-state index contributed by atoms with van der Waals surface area (Å²) in [6.07, 6.45) is 2.27. The lowest BCUT2D eigenvalue weighted by Crippen LogP contribution is -2.33. The molecule has 0 aliphatic heterocycles. The molecule has 5 heteroatoms. The Balaban J connectivity index is 1.61. The summed E-state index contributed by atoms with van der Waals surface area (Å²) in [5.41, 5.74) is 2.01. The van der Waals surface area contributed by atoms with Gasteiger partial charge in [0.1, 0.15) is 11.5 Å². The molecule has 1 fully saturated rings. The molecule has 132 valence electrons. The van der Waals surface area contributed by atoms with Crippen LogP contribution in [-0.2, 0) is 4.79 Å². The highest BCUT2D eigenvalue weighted by Crippen LogP contribution is 2.41. The van der Waals surface area contributed by atoms with Gasteiger partial charge in [0.2, 0.25) is 0 Å². The number of halogens is 1. The zero-order valence-electron chi connectivity index (χ0n) is 14.4. The number of carbonyl (C=O) groups is 1. The first kappa shape index (κ1) is 17.6. The minimum Gasteiger partial charge on any atom is -0.497 e. The number of nitrogens with one attached hydrogen (secondary N) is 1. The Morgan fingerprint density at radius 1 is 1.24 bits per heavy atom. The van der Waals surface area contributed by atoms with Crippen LogP contribution in [0.2, 0.25) is 5.02 Å². The van der Waals surface area contributed by atoms with E-state index in [1.807, 2.05) is 37.3 Å². The van der Waals surface area contributed by atoms with E-state index < -0.39 is 0 Å². The first-order chi connectivity index (χ1) is 12.1. The molecule has 1 N–H and O–H groups in total. The number of benzene rings is 2. The maximum absolute atomic E-state index is 12.3. The smallest absolute Gasteiger partial charge is 0.258 e. The van der Waals surface area contributed by atoms with Crippen LogP contribution in [0.1, 0.15) is 30.0 Å². The van der Waals surface area contributed by atoms with Crippen molar-refractivity contribution in [3.63, 3.8) is 0 Å². The van der Waals surface area contributed by atoms with Crippen molar-refractivity contribution in [1.82, 2.24) is 5.32 Å². The Morgan fingerprint density at radius 3 is 2.56 bits per heavy atom. The lowest BCUT2D eigenvalue weighted by Gasteiger charge is -2.19. The molecular weight excluding hydrogens is 338 g/mol. The van der Waals surface area contributed by atoms with E-state index in [4.69, 9.17) is 21.1 Å². The number of carbonyl (C=O) groups excluding carboxylic acids is 1. The van der Waals surface area contributed by atoms with Gasteiger partial charge >= 0.3 is 0 Å². The predicted octanol–water partition coefficient (Wildman–Crippen LogP) is 4.30. The molecule has 1 amide bonds. The molecule has 0 saturated heterocycles. The average Bonchev–Trinajstić information content (AvgIpc) is 3.44. The van der Waals surface area contributed by atoms with Gasteiger partial charge in [-0.25, -0.2) is 0 Å². The second-order valence-corrected chi connectivity index (χ2v) is 6.79. The summed E-state index contributed by atoms with van der Waals surface area (Å²) in [7, 11) is 1.64. The van der Waals surface area contributed by atoms with Gasteiger partial charge in [-0.3, -0.25) is 4.79 Å². The van der Waals surface area contributed by atoms with Crippen molar-refractivity contribution in [2.75, 3.05) is 13.7 Å². The third-order valence-electron chi connectivity index (χ3n) is 4.38. The Hall–Kier alpha value is -2.20. The molecule has 0 aromatic heterocycles. The molecule has 25 heavy (non-hydrogen) atoms. The van der Waals surface area contributed by atoms with E-state index in [0.717, 1.165) is 29.7 Å². The molecule has 2 aromatic rings. The van der Waals surface area contributed by atoms with Crippen molar-refractivity contribution < 1.29 is 14.3 Å². The minimum atomic E-state index is -0.123. The number of aryl methyl sites for hydroxylation is 1. The van der Waals surface area contributed by atoms with Crippen LogP contribution in [0.3, 0.4) is 0 Å². The summed E-state index contributed by atoms with van der Waals surface area (Å²) in [5.74, 6) is 1.86. The molecule has 0 radical (unpaired) electrons. The molecule has 0 bridgehead atoms. The van der Waals surface area contributed by atoms with Crippen molar-refractivity contribution in [2.45, 2.75) is 25.8 Å². The second-order valence-electron chi connectivity index (χ2n) is 6.35. The largest absolute Gasteiger partial charge is 0.497 e. The van der Waals surface area contributed by atoms with Crippen LogP contribution in [0, 0.1) is 12.8 Å². The Morgan fingerprint density at radius 2 is 1.96 bits per heavy atom. The van der Waals surface area contributed by atoms with Crippen LogP contribution in [0.5, 0.6) is 11.5 Å². The summed E-state index contributed by atoms with van der Waals surface area (Å²) in [5, 5.41) is 3.76. The van der Waals surface area contributed by atoms with Crippen molar-refractivity contribution in [2.24, 2.45) is 5.92 Å². The van der Waals surface area contributed by atoms with E-state index in [2.05, 4.69) is 5.32 Å². The van der Waals surface area contributed by atoms with Crippen LogP contribution >= 0.6 is 11.6 Å². The Labute approximate surface area is 153 Å². The van der Waals surface area contributed by atoms with Crippen LogP contribution < -0.4 is 14.8 Å². The summed E-state index contributed by atoms with van der Waals surface area (Å²) in [4.78, 5) is 12.3. The first-order valence-electron chi connectivity index (χ1n) is 8.39. The number of hydrogen-bond donors (Lipinski definition) is 1. The Kier molecular flexibility index (Phi) is 5.49. The van der Waals surface area contributed by atoms with Gasteiger partial charge in [-0.2, -0.15) is 0 Å². The van der Waals surface area contributed by atoms with E-state index in [9.17, 15) is 4.79 Å². The van der Waals surface area contributed by atoms with Gasteiger partial charge in [-0.05, 0) is 67.1 Å². The monoisotopic (exact) mass is 359 g/mol. The van der Waals surface area contributed by atoms with Gasteiger partial charge in [0.25, 0.3) is 5.91 Å². The maximum atomic E-state index is 12.3. The van der Waals surface area contributed by atoms with Crippen molar-refractivity contribution in [3.05, 3.63) is 58.6 Å². The van der Waals surface area contributed by atoms with Crippen molar-refractivity contribution >= 4 is 17.5 Å². The molecule has 2 aromatic carbocycles. The number of methoxy groups -OCH3 is 1. The van der Waals surface area contributed by atoms with E-state index >= 15 is 0 Å². The number of rotatable bonds is 7.